The molecule has 4 rings (SSSR count). The Morgan fingerprint density at radius 1 is 1.06 bits per heavy atom. The van der Waals surface area contributed by atoms with Gasteiger partial charge in [-0.2, -0.15) is 18.4 Å². The zero-order chi connectivity index (χ0) is 26.0. The third kappa shape index (κ3) is 4.66. The number of urea groups is 1. The number of methoxy groups -OCH3 is 1. The number of halogens is 3. The van der Waals surface area contributed by atoms with Crippen molar-refractivity contribution in [3.8, 4) is 11.8 Å². The van der Waals surface area contributed by atoms with E-state index >= 15 is 0 Å². The van der Waals surface area contributed by atoms with Crippen molar-refractivity contribution in [1.82, 2.24) is 5.32 Å². The molecular formula is C27H19F3N3O3. The van der Waals surface area contributed by atoms with Crippen molar-refractivity contribution in [2.45, 2.75) is 19.1 Å². The maximum Gasteiger partial charge on any atom is 0.416 e. The van der Waals surface area contributed by atoms with Crippen LogP contribution in [0.25, 0.3) is 0 Å². The summed E-state index contributed by atoms with van der Waals surface area (Å²) in [5.74, 6) is 0.0905. The summed E-state index contributed by atoms with van der Waals surface area (Å²) in [6, 6.07) is 17.1. The molecule has 0 aliphatic carbocycles. The molecule has 181 valence electrons. The van der Waals surface area contributed by atoms with Crippen molar-refractivity contribution in [2.75, 3.05) is 12.0 Å². The number of ether oxygens (including phenoxy) is 1. The van der Waals surface area contributed by atoms with Crippen LogP contribution in [-0.4, -0.2) is 18.9 Å². The molecule has 0 aromatic heterocycles. The zero-order valence-corrected chi connectivity index (χ0v) is 19.2. The van der Waals surface area contributed by atoms with Gasteiger partial charge in [-0.05, 0) is 67.1 Å². The molecule has 1 heterocycles. The lowest BCUT2D eigenvalue weighted by Crippen LogP contribution is -2.44. The van der Waals surface area contributed by atoms with Gasteiger partial charge in [0.1, 0.15) is 11.8 Å². The average molecular weight is 490 g/mol. The first-order valence-electron chi connectivity index (χ1n) is 10.8. The maximum atomic E-state index is 13.7. The number of nitriles is 1. The second-order valence-electron chi connectivity index (χ2n) is 7.99. The van der Waals surface area contributed by atoms with Gasteiger partial charge in [-0.15, -0.1) is 0 Å². The van der Waals surface area contributed by atoms with Crippen LogP contribution in [0.3, 0.4) is 0 Å². The van der Waals surface area contributed by atoms with Crippen molar-refractivity contribution in [3.05, 3.63) is 106 Å². The summed E-state index contributed by atoms with van der Waals surface area (Å²) in [6.45, 7) is 1.50. The summed E-state index contributed by atoms with van der Waals surface area (Å²) >= 11 is 0. The highest BCUT2D eigenvalue weighted by molar-refractivity contribution is 6.13. The first-order chi connectivity index (χ1) is 17.1. The van der Waals surface area contributed by atoms with Gasteiger partial charge in [-0.25, -0.2) is 10.1 Å². The molecule has 6 nitrogen and oxygen atoms in total. The topological polar surface area (TPSA) is 84.5 Å². The summed E-state index contributed by atoms with van der Waals surface area (Å²) in [5, 5.41) is 13.3. The Kier molecular flexibility index (Phi) is 6.53. The van der Waals surface area contributed by atoms with Gasteiger partial charge in [-0.3, -0.25) is 9.69 Å². The smallest absolute Gasteiger partial charge is 0.416 e. The van der Waals surface area contributed by atoms with Crippen molar-refractivity contribution in [2.24, 2.45) is 0 Å². The standard InChI is InChI=1S/C27H19F3N3O3/c1-16-23(25(34)19-10-12-22(36-2)13-11-19)24(18-8-6-17(15-31)7-9-18)32-26(35)33(16)21-5-3-4-20(14-21)27(28,29)30/h3-14,24H,1-2H3. The number of amides is 2. The van der Waals surface area contributed by atoms with Gasteiger partial charge in [-0.1, -0.05) is 18.2 Å². The van der Waals surface area contributed by atoms with Crippen LogP contribution in [0.2, 0.25) is 0 Å². The van der Waals surface area contributed by atoms with Gasteiger partial charge in [0.25, 0.3) is 0 Å². The maximum absolute atomic E-state index is 13.7. The Morgan fingerprint density at radius 3 is 2.31 bits per heavy atom. The number of hydrogen-bond donors (Lipinski definition) is 0. The molecule has 1 aliphatic rings. The molecule has 36 heavy (non-hydrogen) atoms. The van der Waals surface area contributed by atoms with E-state index < -0.39 is 29.6 Å². The van der Waals surface area contributed by atoms with Crippen LogP contribution < -0.4 is 15.0 Å². The molecule has 1 atom stereocenters. The van der Waals surface area contributed by atoms with Crippen molar-refractivity contribution in [1.29, 1.82) is 5.26 Å². The number of ketones is 1. The van der Waals surface area contributed by atoms with E-state index in [9.17, 15) is 22.8 Å². The summed E-state index contributed by atoms with van der Waals surface area (Å²) in [5.41, 5.74) is 0.452. The molecule has 1 radical (unpaired) electrons. The molecule has 0 bridgehead atoms. The molecule has 3 aromatic carbocycles. The van der Waals surface area contributed by atoms with E-state index in [1.54, 1.807) is 48.5 Å². The first kappa shape index (κ1) is 24.5. The van der Waals surface area contributed by atoms with Crippen LogP contribution in [0.15, 0.2) is 84.1 Å². The number of hydrogen-bond acceptors (Lipinski definition) is 4. The minimum atomic E-state index is -4.61. The fourth-order valence-corrected chi connectivity index (χ4v) is 3.99. The van der Waals surface area contributed by atoms with Crippen LogP contribution in [0.4, 0.5) is 23.7 Å². The van der Waals surface area contributed by atoms with Crippen molar-refractivity contribution >= 4 is 17.5 Å². The summed E-state index contributed by atoms with van der Waals surface area (Å²) < 4.78 is 45.2. The number of alkyl halides is 3. The Hall–Kier alpha value is -4.58. The number of anilines is 1. The van der Waals surface area contributed by atoms with Crippen LogP contribution in [0.1, 0.15) is 40.0 Å². The van der Waals surface area contributed by atoms with Crippen LogP contribution in [-0.2, 0) is 6.18 Å². The Bertz CT molecular complexity index is 1390. The number of Topliss-reactive ketones (excluding diaryl/α,β-unsaturated/α-hetero) is 1. The molecular weight excluding hydrogens is 471 g/mol. The van der Waals surface area contributed by atoms with Crippen LogP contribution >= 0.6 is 0 Å². The van der Waals surface area contributed by atoms with E-state index in [-0.39, 0.29) is 22.5 Å². The lowest BCUT2D eigenvalue weighted by Gasteiger charge is -2.34. The highest BCUT2D eigenvalue weighted by Gasteiger charge is 2.39. The largest absolute Gasteiger partial charge is 0.497 e. The number of rotatable bonds is 5. The van der Waals surface area contributed by atoms with Gasteiger partial charge < -0.3 is 4.74 Å². The average Bonchev–Trinajstić information content (AvgIpc) is 2.88. The first-order valence-corrected chi connectivity index (χ1v) is 10.8. The van der Waals surface area contributed by atoms with Gasteiger partial charge in [0.15, 0.2) is 5.78 Å². The molecule has 1 unspecified atom stereocenters. The molecule has 9 heteroatoms. The summed E-state index contributed by atoms with van der Waals surface area (Å²) in [7, 11) is 1.49. The molecule has 3 aromatic rings. The summed E-state index contributed by atoms with van der Waals surface area (Å²) in [4.78, 5) is 27.8. The van der Waals surface area contributed by atoms with E-state index in [4.69, 9.17) is 10.00 Å². The Morgan fingerprint density at radius 2 is 1.72 bits per heavy atom. The normalized spacial score (nSPS) is 15.8. The SMILES string of the molecule is COc1ccc(C(=O)C2=C(C)N(c3cccc(C(F)(F)F)c3)C(=O)[N]C2c2ccc(C#N)cc2)cc1. The third-order valence-electron chi connectivity index (χ3n) is 5.81. The van der Waals surface area contributed by atoms with Crippen LogP contribution in [0.5, 0.6) is 5.75 Å². The van der Waals surface area contributed by atoms with Crippen LogP contribution in [0, 0.1) is 11.3 Å². The number of benzene rings is 3. The van der Waals surface area contributed by atoms with E-state index in [2.05, 4.69) is 5.32 Å². The second-order valence-corrected chi connectivity index (χ2v) is 7.99. The van der Waals surface area contributed by atoms with E-state index in [1.165, 1.54) is 26.2 Å². The Labute approximate surface area is 205 Å². The molecule has 1 aliphatic heterocycles. The van der Waals surface area contributed by atoms with Gasteiger partial charge >= 0.3 is 12.2 Å². The number of nitrogens with zero attached hydrogens (tertiary/aromatic N) is 3. The predicted molar refractivity (Wildman–Crippen MR) is 125 cm³/mol. The zero-order valence-electron chi connectivity index (χ0n) is 19.2. The Balaban J connectivity index is 1.87. The summed E-state index contributed by atoms with van der Waals surface area (Å²) in [6.07, 6.45) is -4.61. The molecule has 2 amide bonds. The van der Waals surface area contributed by atoms with E-state index in [0.29, 0.717) is 16.9 Å². The highest BCUT2D eigenvalue weighted by atomic mass is 19.4. The molecule has 0 N–H and O–H groups in total. The molecule has 0 fully saturated rings. The number of carbonyl (C=O) groups is 2. The highest BCUT2D eigenvalue weighted by Crippen LogP contribution is 2.38. The lowest BCUT2D eigenvalue weighted by atomic mass is 9.88. The fourth-order valence-electron chi connectivity index (χ4n) is 3.99. The van der Waals surface area contributed by atoms with Gasteiger partial charge in [0.05, 0.1) is 30.0 Å². The van der Waals surface area contributed by atoms with Gasteiger partial charge in [0, 0.05) is 16.8 Å². The van der Waals surface area contributed by atoms with Crippen molar-refractivity contribution in [3.63, 3.8) is 0 Å². The fraction of sp³-hybridized carbons (Fsp3) is 0.148. The van der Waals surface area contributed by atoms with Crippen molar-refractivity contribution < 1.29 is 27.5 Å². The molecule has 0 saturated heterocycles. The number of allylic oxidation sites excluding steroid dienone is 1. The minimum absolute atomic E-state index is 0.0608. The lowest BCUT2D eigenvalue weighted by molar-refractivity contribution is -0.137. The van der Waals surface area contributed by atoms with E-state index in [0.717, 1.165) is 17.0 Å². The predicted octanol–water partition coefficient (Wildman–Crippen LogP) is 6.03. The third-order valence-corrected chi connectivity index (χ3v) is 5.81. The quantitative estimate of drug-likeness (QED) is 0.409. The number of carbonyl (C=O) groups excluding carboxylic acids is 2. The second kappa shape index (κ2) is 9.58. The monoisotopic (exact) mass is 490 g/mol. The molecule has 0 saturated carbocycles. The minimum Gasteiger partial charge on any atom is -0.497 e. The molecule has 0 spiro atoms. The van der Waals surface area contributed by atoms with Gasteiger partial charge in [0.2, 0.25) is 0 Å². The van der Waals surface area contributed by atoms with E-state index in [1.807, 2.05) is 6.07 Å².